The van der Waals surface area contributed by atoms with Gasteiger partial charge in [0.1, 0.15) is 16.6 Å². The molecule has 0 fully saturated rings. The lowest BCUT2D eigenvalue weighted by Crippen LogP contribution is -3.08. The monoisotopic (exact) mass is 450 g/mol. The van der Waals surface area contributed by atoms with Crippen LogP contribution in [0.3, 0.4) is 0 Å². The molecule has 8 heteroatoms. The molecule has 158 valence electrons. The number of likely N-dealkylation sites (N-methyl/N-ethyl adjacent to an activating group) is 1. The molecule has 2 N–H and O–H groups in total. The van der Waals surface area contributed by atoms with Crippen molar-refractivity contribution in [3.8, 4) is 0 Å². The summed E-state index contributed by atoms with van der Waals surface area (Å²) in [4.78, 5) is 19.1. The zero-order chi connectivity index (χ0) is 21.6. The molecule has 0 spiro atoms. The highest BCUT2D eigenvalue weighted by atomic mass is 32.2. The van der Waals surface area contributed by atoms with Crippen LogP contribution in [0.5, 0.6) is 0 Å². The molecule has 0 aliphatic carbocycles. The SMILES string of the molecule is Cc1nnc(Sc2cc(C(=O)NCC[NH+](C)Cc3ccccc3)c3ccccc3n2)s1. The normalized spacial score (nSPS) is 12.1. The van der Waals surface area contributed by atoms with Crippen LogP contribution >= 0.6 is 23.1 Å². The maximum absolute atomic E-state index is 13.0. The third-order valence-corrected chi connectivity index (χ3v) is 6.63. The van der Waals surface area contributed by atoms with Gasteiger partial charge in [-0.2, -0.15) is 0 Å². The van der Waals surface area contributed by atoms with E-state index in [1.165, 1.54) is 33.6 Å². The maximum atomic E-state index is 13.0. The number of carbonyl (C=O) groups is 1. The summed E-state index contributed by atoms with van der Waals surface area (Å²) in [5.74, 6) is -0.0820. The smallest absolute Gasteiger partial charge is 0.252 e. The first-order valence-electron chi connectivity index (χ1n) is 10.1. The molecule has 0 aliphatic heterocycles. The van der Waals surface area contributed by atoms with Crippen LogP contribution in [-0.2, 0) is 6.54 Å². The number of aryl methyl sites for hydroxylation is 1. The first kappa shape index (κ1) is 21.4. The van der Waals surface area contributed by atoms with Crippen molar-refractivity contribution in [1.82, 2.24) is 20.5 Å². The summed E-state index contributed by atoms with van der Waals surface area (Å²) in [5.41, 5.74) is 2.72. The first-order chi connectivity index (χ1) is 15.1. The number of benzene rings is 2. The van der Waals surface area contributed by atoms with Crippen molar-refractivity contribution in [2.24, 2.45) is 0 Å². The number of para-hydroxylation sites is 1. The van der Waals surface area contributed by atoms with Gasteiger partial charge in [-0.15, -0.1) is 10.2 Å². The Balaban J connectivity index is 1.45. The van der Waals surface area contributed by atoms with Gasteiger partial charge < -0.3 is 10.2 Å². The highest BCUT2D eigenvalue weighted by Crippen LogP contribution is 2.31. The van der Waals surface area contributed by atoms with Crippen LogP contribution in [0, 0.1) is 6.92 Å². The topological polar surface area (TPSA) is 72.2 Å². The number of carbonyl (C=O) groups excluding carboxylic acids is 1. The molecular weight excluding hydrogens is 426 g/mol. The number of hydrogen-bond donors (Lipinski definition) is 2. The quantitative estimate of drug-likeness (QED) is 0.432. The second kappa shape index (κ2) is 10.00. The number of aromatic nitrogens is 3. The number of amides is 1. The molecule has 2 aromatic heterocycles. The Bertz CT molecular complexity index is 1180. The van der Waals surface area contributed by atoms with E-state index >= 15 is 0 Å². The summed E-state index contributed by atoms with van der Waals surface area (Å²) in [6.07, 6.45) is 0. The van der Waals surface area contributed by atoms with Gasteiger partial charge in [-0.05, 0) is 30.8 Å². The van der Waals surface area contributed by atoms with E-state index in [1.54, 1.807) is 0 Å². The van der Waals surface area contributed by atoms with Gasteiger partial charge >= 0.3 is 0 Å². The second-order valence-electron chi connectivity index (χ2n) is 7.34. The molecule has 0 saturated heterocycles. The maximum Gasteiger partial charge on any atom is 0.252 e. The Morgan fingerprint density at radius 1 is 1.10 bits per heavy atom. The van der Waals surface area contributed by atoms with Crippen molar-refractivity contribution >= 4 is 39.9 Å². The van der Waals surface area contributed by atoms with Gasteiger partial charge in [0, 0.05) is 10.9 Å². The molecule has 0 saturated carbocycles. The van der Waals surface area contributed by atoms with Gasteiger partial charge in [0.15, 0.2) is 4.34 Å². The van der Waals surface area contributed by atoms with Crippen LogP contribution in [0.15, 0.2) is 70.0 Å². The van der Waals surface area contributed by atoms with E-state index < -0.39 is 0 Å². The summed E-state index contributed by atoms with van der Waals surface area (Å²) >= 11 is 2.95. The number of hydrogen-bond acceptors (Lipinski definition) is 6. The molecule has 1 amide bonds. The molecule has 6 nitrogen and oxygen atoms in total. The molecule has 4 aromatic rings. The van der Waals surface area contributed by atoms with Gasteiger partial charge in [0.2, 0.25) is 0 Å². The minimum atomic E-state index is -0.0820. The van der Waals surface area contributed by atoms with Crippen LogP contribution < -0.4 is 10.2 Å². The molecule has 31 heavy (non-hydrogen) atoms. The largest absolute Gasteiger partial charge is 0.346 e. The Morgan fingerprint density at radius 3 is 2.65 bits per heavy atom. The molecule has 1 atom stereocenters. The molecule has 2 heterocycles. The van der Waals surface area contributed by atoms with Crippen LogP contribution in [0.1, 0.15) is 20.9 Å². The minimum Gasteiger partial charge on any atom is -0.346 e. The predicted octanol–water partition coefficient (Wildman–Crippen LogP) is 2.99. The second-order valence-corrected chi connectivity index (χ2v) is 9.79. The molecule has 2 aromatic carbocycles. The average Bonchev–Trinajstić information content (AvgIpc) is 3.18. The number of fused-ring (bicyclic) bond motifs is 1. The fourth-order valence-electron chi connectivity index (χ4n) is 3.32. The summed E-state index contributed by atoms with van der Waals surface area (Å²) < 4.78 is 0.817. The van der Waals surface area contributed by atoms with Crippen LogP contribution in [0.4, 0.5) is 0 Å². The molecule has 1 unspecified atom stereocenters. The fourth-order valence-corrected chi connectivity index (χ4v) is 5.10. The summed E-state index contributed by atoms with van der Waals surface area (Å²) in [6.45, 7) is 4.30. The van der Waals surface area contributed by atoms with Gasteiger partial charge in [-0.1, -0.05) is 59.9 Å². The van der Waals surface area contributed by atoms with Crippen molar-refractivity contribution < 1.29 is 9.69 Å². The molecule has 0 radical (unpaired) electrons. The van der Waals surface area contributed by atoms with Crippen molar-refractivity contribution in [3.63, 3.8) is 0 Å². The molecule has 0 aliphatic rings. The summed E-state index contributed by atoms with van der Waals surface area (Å²) in [6, 6.07) is 20.0. The van der Waals surface area contributed by atoms with Crippen molar-refractivity contribution in [2.75, 3.05) is 20.1 Å². The molecule has 4 rings (SSSR count). The Hall–Kier alpha value is -2.81. The van der Waals surface area contributed by atoms with Gasteiger partial charge in [0.25, 0.3) is 5.91 Å². The molecular formula is C23H24N5OS2+. The van der Waals surface area contributed by atoms with Crippen molar-refractivity contribution in [2.45, 2.75) is 22.8 Å². The Kier molecular flexibility index (Phi) is 6.91. The van der Waals surface area contributed by atoms with E-state index in [0.717, 1.165) is 38.4 Å². The minimum absolute atomic E-state index is 0.0820. The lowest BCUT2D eigenvalue weighted by atomic mass is 10.1. The van der Waals surface area contributed by atoms with Gasteiger partial charge in [-0.3, -0.25) is 4.79 Å². The van der Waals surface area contributed by atoms with Crippen LogP contribution in [0.2, 0.25) is 0 Å². The zero-order valence-corrected chi connectivity index (χ0v) is 19.1. The van der Waals surface area contributed by atoms with E-state index in [9.17, 15) is 4.79 Å². The van der Waals surface area contributed by atoms with E-state index in [1.807, 2.05) is 43.3 Å². The Morgan fingerprint density at radius 2 is 1.87 bits per heavy atom. The summed E-state index contributed by atoms with van der Waals surface area (Å²) in [5, 5.41) is 13.8. The first-order valence-corrected chi connectivity index (χ1v) is 11.7. The van der Waals surface area contributed by atoms with Crippen LogP contribution in [-0.4, -0.2) is 41.2 Å². The lowest BCUT2D eigenvalue weighted by Gasteiger charge is -2.15. The van der Waals surface area contributed by atoms with Crippen molar-refractivity contribution in [1.29, 1.82) is 0 Å². The number of rotatable bonds is 8. The highest BCUT2D eigenvalue weighted by molar-refractivity contribution is 8.01. The van der Waals surface area contributed by atoms with E-state index in [2.05, 4.69) is 46.8 Å². The third-order valence-electron chi connectivity index (χ3n) is 4.82. The number of quaternary nitrogens is 1. The van der Waals surface area contributed by atoms with E-state index in [4.69, 9.17) is 4.98 Å². The standard InChI is InChI=1S/C23H23N5OS2/c1-16-26-27-23(30-16)31-21-14-19(18-10-6-7-11-20(18)25-21)22(29)24-12-13-28(2)15-17-8-4-3-5-9-17/h3-11,14H,12-13,15H2,1-2H3,(H,24,29)/p+1. The zero-order valence-electron chi connectivity index (χ0n) is 17.5. The van der Waals surface area contributed by atoms with E-state index in [-0.39, 0.29) is 5.91 Å². The van der Waals surface area contributed by atoms with Gasteiger partial charge in [0.05, 0.1) is 31.2 Å². The summed E-state index contributed by atoms with van der Waals surface area (Å²) in [7, 11) is 2.14. The number of nitrogens with one attached hydrogen (secondary N) is 2. The highest BCUT2D eigenvalue weighted by Gasteiger charge is 2.15. The molecule has 0 bridgehead atoms. The predicted molar refractivity (Wildman–Crippen MR) is 125 cm³/mol. The number of pyridine rings is 1. The van der Waals surface area contributed by atoms with E-state index in [0.29, 0.717) is 12.1 Å². The fraction of sp³-hybridized carbons (Fsp3) is 0.217. The average molecular weight is 451 g/mol. The van der Waals surface area contributed by atoms with Crippen molar-refractivity contribution in [3.05, 3.63) is 76.8 Å². The third kappa shape index (κ3) is 5.66. The van der Waals surface area contributed by atoms with Gasteiger partial charge in [-0.25, -0.2) is 4.98 Å². The Labute approximate surface area is 189 Å². The van der Waals surface area contributed by atoms with Crippen LogP contribution in [0.25, 0.3) is 10.9 Å². The number of nitrogens with zero attached hydrogens (tertiary/aromatic N) is 3. The lowest BCUT2D eigenvalue weighted by molar-refractivity contribution is -0.892.